The van der Waals surface area contributed by atoms with Crippen molar-refractivity contribution in [2.45, 2.75) is 21.6 Å². The summed E-state index contributed by atoms with van der Waals surface area (Å²) in [6.07, 6.45) is 0. The number of hydrogen-bond acceptors (Lipinski definition) is 22. The molecular weight excluding hydrogens is 981 g/mol. The second-order valence-electron chi connectivity index (χ2n) is 13.8. The molecule has 0 radical (unpaired) electrons. The summed E-state index contributed by atoms with van der Waals surface area (Å²) in [6, 6.07) is 12.2. The number of aromatic nitrogens is 2. The number of benzene rings is 5. The minimum Gasteiger partial charge on any atom is -0.505 e. The van der Waals surface area contributed by atoms with Gasteiger partial charge in [0.1, 0.15) is 79.3 Å². The van der Waals surface area contributed by atoms with E-state index >= 15 is 0 Å². The van der Waals surface area contributed by atoms with Crippen LogP contribution in [0.4, 0.5) is 34.1 Å². The van der Waals surface area contributed by atoms with Crippen LogP contribution in [0.5, 0.6) is 34.6 Å². The molecule has 69 heavy (non-hydrogen) atoms. The van der Waals surface area contributed by atoms with Crippen molar-refractivity contribution < 1.29 is 88.2 Å². The number of carbonyl (C=O) groups is 1. The predicted octanol–water partition coefficient (Wildman–Crippen LogP) is 6.19. The molecule has 0 unspecified atom stereocenters. The van der Waals surface area contributed by atoms with Gasteiger partial charge in [0.2, 0.25) is 11.6 Å². The number of phenols is 1. The number of azo groups is 3. The van der Waals surface area contributed by atoms with Gasteiger partial charge in [-0.05, 0) is 60.3 Å². The van der Waals surface area contributed by atoms with Crippen molar-refractivity contribution in [1.82, 2.24) is 9.78 Å². The molecule has 0 bridgehead atoms. The third kappa shape index (κ3) is 11.2. The molecule has 1 aromatic heterocycles. The molecule has 30 heteroatoms. The van der Waals surface area contributed by atoms with Gasteiger partial charge in [-0.25, -0.2) is 4.79 Å². The van der Waals surface area contributed by atoms with Crippen LogP contribution in [0.15, 0.2) is 112 Å². The van der Waals surface area contributed by atoms with Crippen LogP contribution in [-0.2, 0) is 30.4 Å². The number of phenolic OH excluding ortho intramolecular Hbond substituents is 1. The molecule has 0 saturated heterocycles. The number of carboxylic acids is 1. The minimum atomic E-state index is -5.27. The Bertz CT molecular complexity index is 3450. The van der Waals surface area contributed by atoms with Crippen molar-refractivity contribution in [3.8, 4) is 40.3 Å². The first-order valence-corrected chi connectivity index (χ1v) is 23.4. The number of ether oxygens (including phenoxy) is 4. The molecule has 8 N–H and O–H groups in total. The molecule has 0 aliphatic carbocycles. The van der Waals surface area contributed by atoms with Crippen molar-refractivity contribution >= 4 is 81.2 Å². The average Bonchev–Trinajstić information content (AvgIpc) is 3.63. The third-order valence-corrected chi connectivity index (χ3v) is 12.1. The maximum absolute atomic E-state index is 12.8. The van der Waals surface area contributed by atoms with Gasteiger partial charge in [0.05, 0.1) is 33.1 Å². The lowest BCUT2D eigenvalue weighted by Crippen LogP contribution is -2.04. The maximum atomic E-state index is 12.8. The summed E-state index contributed by atoms with van der Waals surface area (Å²) in [5.74, 6) is -4.06. The first-order chi connectivity index (χ1) is 32.5. The molecule has 6 aromatic rings. The Morgan fingerprint density at radius 1 is 0.623 bits per heavy atom. The van der Waals surface area contributed by atoms with Gasteiger partial charge in [0.25, 0.3) is 30.4 Å². The predicted molar refractivity (Wildman–Crippen MR) is 236 cm³/mol. The Morgan fingerprint density at radius 2 is 1.17 bits per heavy atom. The van der Waals surface area contributed by atoms with E-state index < -0.39 is 92.9 Å². The molecule has 0 amide bonds. The van der Waals surface area contributed by atoms with Gasteiger partial charge < -0.3 is 44.5 Å². The summed E-state index contributed by atoms with van der Waals surface area (Å²) >= 11 is 0. The molecule has 0 fully saturated rings. The molecule has 0 aliphatic heterocycles. The summed E-state index contributed by atoms with van der Waals surface area (Å²) in [4.78, 5) is 10.0. The first-order valence-electron chi connectivity index (χ1n) is 19.1. The van der Waals surface area contributed by atoms with Crippen molar-refractivity contribution in [3.05, 3.63) is 78.0 Å². The zero-order chi connectivity index (χ0) is 50.6. The van der Waals surface area contributed by atoms with E-state index in [4.69, 9.17) is 18.9 Å². The molecule has 1 heterocycles. The lowest BCUT2D eigenvalue weighted by atomic mass is 10.1. The molecule has 0 aliphatic rings. The number of aryl methyl sites for hydroxylation is 1. The lowest BCUT2D eigenvalue weighted by molar-refractivity contribution is 0.0690. The normalized spacial score (nSPS) is 12.4. The fourth-order valence-electron chi connectivity index (χ4n) is 6.22. The highest BCUT2D eigenvalue weighted by Crippen LogP contribution is 2.46. The third-order valence-electron chi connectivity index (χ3n) is 9.31. The number of hydrogen-bond donors (Lipinski definition) is 8. The van der Waals surface area contributed by atoms with Gasteiger partial charge >= 0.3 is 5.97 Å². The SMILES string of the molecule is COc1ccc(/N=N/c2cc(OCCO)c(/N=N/c3c(S(=O)(=O)O)cc4cc(-n5nc(C(=O)O)c(/N=N/c6cc(C)c(S(=O)(=O)O)cc6OC)c5O)ccc4c3O)cc2OCCO)c(S(=O)(=O)O)c1. The number of methoxy groups -OCH3 is 2. The molecule has 364 valence electrons. The van der Waals surface area contributed by atoms with Crippen LogP contribution in [0.1, 0.15) is 16.1 Å². The van der Waals surface area contributed by atoms with E-state index in [0.29, 0.717) is 4.68 Å². The minimum absolute atomic E-state index is 0.0100. The van der Waals surface area contributed by atoms with Crippen LogP contribution >= 0.6 is 0 Å². The summed E-state index contributed by atoms with van der Waals surface area (Å²) in [6.45, 7) is -0.449. The Hall–Kier alpha value is -7.71. The molecule has 0 atom stereocenters. The van der Waals surface area contributed by atoms with Gasteiger partial charge in [0.15, 0.2) is 11.4 Å². The Labute approximate surface area is 389 Å². The van der Waals surface area contributed by atoms with Crippen molar-refractivity contribution in [3.63, 3.8) is 0 Å². The second kappa shape index (κ2) is 20.3. The molecule has 0 spiro atoms. The zero-order valence-corrected chi connectivity index (χ0v) is 38.0. The zero-order valence-electron chi connectivity index (χ0n) is 35.6. The number of rotatable bonds is 19. The fraction of sp³-hybridized carbons (Fsp3) is 0.179. The van der Waals surface area contributed by atoms with Gasteiger partial charge in [-0.15, -0.1) is 30.7 Å². The van der Waals surface area contributed by atoms with Crippen molar-refractivity contribution in [2.24, 2.45) is 30.7 Å². The van der Waals surface area contributed by atoms with Gasteiger partial charge in [0, 0.05) is 29.7 Å². The summed E-state index contributed by atoms with van der Waals surface area (Å²) < 4.78 is 125. The van der Waals surface area contributed by atoms with E-state index in [9.17, 15) is 69.2 Å². The van der Waals surface area contributed by atoms with Crippen LogP contribution in [0, 0.1) is 6.92 Å². The van der Waals surface area contributed by atoms with E-state index in [1.165, 1.54) is 38.3 Å². The van der Waals surface area contributed by atoms with E-state index in [0.717, 1.165) is 49.6 Å². The molecular formula is C39H36N8O19S3. The Balaban J connectivity index is 1.44. The fourth-order valence-corrected chi connectivity index (χ4v) is 8.24. The van der Waals surface area contributed by atoms with Crippen LogP contribution in [0.2, 0.25) is 0 Å². The van der Waals surface area contributed by atoms with Crippen molar-refractivity contribution in [2.75, 3.05) is 40.6 Å². The van der Waals surface area contributed by atoms with Crippen LogP contribution in [-0.4, -0.2) is 121 Å². The Kier molecular flexibility index (Phi) is 14.9. The van der Waals surface area contributed by atoms with Gasteiger partial charge in [-0.1, -0.05) is 0 Å². The molecule has 0 saturated carbocycles. The lowest BCUT2D eigenvalue weighted by Gasteiger charge is -2.13. The first kappa shape index (κ1) is 50.7. The Morgan fingerprint density at radius 3 is 1.71 bits per heavy atom. The smallest absolute Gasteiger partial charge is 0.358 e. The topological polar surface area (TPSA) is 410 Å². The number of aliphatic hydroxyl groups is 2. The maximum Gasteiger partial charge on any atom is 0.358 e. The molecule has 5 aromatic carbocycles. The average molecular weight is 1020 g/mol. The van der Waals surface area contributed by atoms with E-state index in [1.807, 2.05) is 0 Å². The summed E-state index contributed by atoms with van der Waals surface area (Å²) in [5.41, 5.74) is -3.47. The van der Waals surface area contributed by atoms with Crippen molar-refractivity contribution in [1.29, 1.82) is 0 Å². The van der Waals surface area contributed by atoms with E-state index in [-0.39, 0.29) is 81.0 Å². The number of carboxylic acid groups (broad SMARTS) is 1. The van der Waals surface area contributed by atoms with E-state index in [2.05, 4.69) is 35.8 Å². The largest absolute Gasteiger partial charge is 0.505 e. The number of aliphatic hydroxyl groups excluding tert-OH is 2. The number of fused-ring (bicyclic) bond motifs is 1. The van der Waals surface area contributed by atoms with E-state index in [1.54, 1.807) is 0 Å². The molecule has 6 rings (SSSR count). The van der Waals surface area contributed by atoms with Gasteiger partial charge in [-0.3, -0.25) is 13.7 Å². The number of aromatic hydroxyl groups is 2. The number of aromatic carboxylic acids is 1. The quantitative estimate of drug-likeness (QED) is 0.0331. The van der Waals surface area contributed by atoms with Gasteiger partial charge in [-0.2, -0.15) is 35.0 Å². The van der Waals surface area contributed by atoms with Crippen LogP contribution < -0.4 is 18.9 Å². The monoisotopic (exact) mass is 1020 g/mol. The summed E-state index contributed by atoms with van der Waals surface area (Å²) in [5, 5.41) is 78.7. The number of nitrogens with zero attached hydrogens (tertiary/aromatic N) is 8. The highest BCUT2D eigenvalue weighted by atomic mass is 32.2. The van der Waals surface area contributed by atoms with Crippen LogP contribution in [0.25, 0.3) is 16.5 Å². The standard InChI is InChI=1S/C39H36N8O19S3/c1-19-12-25(28(64-3)18-31(19)67(54,55)56)42-45-35-36(39(52)53)46-47(38(35)51)21-4-6-23-20(13-21)14-33(69(60,61)62)34(37(23)50)44-43-27-17-29(65-10-8-48)26(16-30(27)66-11-9-49)41-40-24-7-5-22(63-2)15-32(24)68(57,58)59/h4-7,12-18,48-51H,8-11H2,1-3H3,(H,52,53)(H,54,55,56)(H,57,58,59)(H,60,61,62)/b41-40+,44-43+,45-42+. The summed E-state index contributed by atoms with van der Waals surface area (Å²) in [7, 11) is -12.4. The highest BCUT2D eigenvalue weighted by molar-refractivity contribution is 7.86. The second-order valence-corrected chi connectivity index (χ2v) is 18.0. The highest BCUT2D eigenvalue weighted by Gasteiger charge is 2.27. The van der Waals surface area contributed by atoms with Crippen LogP contribution in [0.3, 0.4) is 0 Å². The molecule has 27 nitrogen and oxygen atoms in total.